The number of methoxy groups -OCH3 is 1. The summed E-state index contributed by atoms with van der Waals surface area (Å²) in [5, 5.41) is 13.6. The van der Waals surface area contributed by atoms with E-state index < -0.39 is 23.9 Å². The number of ether oxygens (including phenoxy) is 1. The summed E-state index contributed by atoms with van der Waals surface area (Å²) in [5.41, 5.74) is 0.542. The predicted octanol–water partition coefficient (Wildman–Crippen LogP) is 4.95. The molecule has 4 rings (SSSR count). The molecule has 2 N–H and O–H groups in total. The predicted molar refractivity (Wildman–Crippen MR) is 117 cm³/mol. The molecule has 0 aliphatic heterocycles. The maximum atomic E-state index is 13.4. The quantitative estimate of drug-likeness (QED) is 0.421. The molecule has 1 aromatic carbocycles. The Kier molecular flexibility index (Phi) is 5.99. The van der Waals surface area contributed by atoms with Gasteiger partial charge in [0.15, 0.2) is 0 Å². The average Bonchev–Trinajstić information content (AvgIpc) is 3.41. The summed E-state index contributed by atoms with van der Waals surface area (Å²) in [4.78, 5) is 23.2. The number of aromatic nitrogens is 5. The molecular weight excluding hydrogens is 459 g/mol. The summed E-state index contributed by atoms with van der Waals surface area (Å²) in [6.07, 6.45) is -0.910. The van der Waals surface area contributed by atoms with Crippen molar-refractivity contribution in [2.24, 2.45) is 0 Å². The average molecular weight is 477 g/mol. The van der Waals surface area contributed by atoms with Crippen LogP contribution in [0.15, 0.2) is 36.8 Å². The van der Waals surface area contributed by atoms with Gasteiger partial charge in [-0.1, -0.05) is 11.3 Å². The topological polar surface area (TPSA) is 107 Å². The Labute approximate surface area is 189 Å². The molecule has 1 atom stereocenters. The maximum Gasteiger partial charge on any atom is 0.416 e. The summed E-state index contributed by atoms with van der Waals surface area (Å²) in [5.74, 6) is 0. The second-order valence-electron chi connectivity index (χ2n) is 7.01. The number of halogens is 3. The van der Waals surface area contributed by atoms with E-state index in [1.165, 1.54) is 43.1 Å². The molecule has 0 saturated heterocycles. The van der Waals surface area contributed by atoms with Crippen molar-refractivity contribution in [1.29, 1.82) is 0 Å². The van der Waals surface area contributed by atoms with Gasteiger partial charge in [0.1, 0.15) is 10.3 Å². The Morgan fingerprint density at radius 1 is 1.18 bits per heavy atom. The number of fused-ring (bicyclic) bond motifs is 1. The van der Waals surface area contributed by atoms with Crippen LogP contribution in [-0.4, -0.2) is 38.1 Å². The van der Waals surface area contributed by atoms with E-state index in [4.69, 9.17) is 4.74 Å². The Morgan fingerprint density at radius 3 is 2.58 bits per heavy atom. The van der Waals surface area contributed by atoms with Crippen molar-refractivity contribution >= 4 is 39.1 Å². The van der Waals surface area contributed by atoms with Gasteiger partial charge in [-0.25, -0.2) is 14.8 Å². The van der Waals surface area contributed by atoms with Crippen molar-refractivity contribution in [3.8, 4) is 5.69 Å². The van der Waals surface area contributed by atoms with E-state index >= 15 is 0 Å². The van der Waals surface area contributed by atoms with Crippen LogP contribution >= 0.6 is 11.3 Å². The lowest BCUT2D eigenvalue weighted by molar-refractivity contribution is -0.137. The van der Waals surface area contributed by atoms with E-state index in [0.717, 1.165) is 21.9 Å². The number of aryl methyl sites for hydroxylation is 1. The van der Waals surface area contributed by atoms with Crippen LogP contribution < -0.4 is 10.6 Å². The molecule has 0 aliphatic rings. The van der Waals surface area contributed by atoms with Crippen LogP contribution in [0.5, 0.6) is 0 Å². The number of alkyl halides is 3. The summed E-state index contributed by atoms with van der Waals surface area (Å²) in [6, 6.07) is 2.30. The molecular formula is C20H18F3N7O2S. The number of carbonyl (C=O) groups excluding carboxylic acids is 1. The van der Waals surface area contributed by atoms with Crippen molar-refractivity contribution in [2.45, 2.75) is 26.1 Å². The minimum atomic E-state index is -4.63. The highest BCUT2D eigenvalue weighted by Gasteiger charge is 2.32. The van der Waals surface area contributed by atoms with Gasteiger partial charge in [0.2, 0.25) is 0 Å². The van der Waals surface area contributed by atoms with Crippen molar-refractivity contribution in [1.82, 2.24) is 25.0 Å². The second kappa shape index (κ2) is 8.75. The van der Waals surface area contributed by atoms with Crippen molar-refractivity contribution in [3.63, 3.8) is 0 Å². The minimum Gasteiger partial charge on any atom is -0.377 e. The molecule has 33 heavy (non-hydrogen) atoms. The molecule has 0 aliphatic carbocycles. The Balaban J connectivity index is 1.66. The number of urea groups is 1. The number of pyridine rings is 1. The molecule has 4 aromatic rings. The molecule has 172 valence electrons. The number of hydrogen-bond donors (Lipinski definition) is 2. The van der Waals surface area contributed by atoms with E-state index in [0.29, 0.717) is 21.6 Å². The number of rotatable bonds is 5. The van der Waals surface area contributed by atoms with Crippen LogP contribution in [0.1, 0.15) is 29.2 Å². The molecule has 0 radical (unpaired) electrons. The number of hydrogen-bond acceptors (Lipinski definition) is 7. The normalized spacial score (nSPS) is 12.7. The van der Waals surface area contributed by atoms with Crippen molar-refractivity contribution in [2.75, 3.05) is 17.7 Å². The molecule has 0 saturated carbocycles. The fourth-order valence-electron chi connectivity index (χ4n) is 3.22. The van der Waals surface area contributed by atoms with Gasteiger partial charge in [-0.2, -0.15) is 28.2 Å². The standard InChI is InChI=1S/C20H18F3N7O2S/c1-10(32-3)16-15(9-24-18-17(16)27-11(2)33-18)29-19(31)28-13-6-12(20(21,22)23)7-14(8-13)30-25-4-5-26-30/h4-10H,1-3H3,(H2,28,29,31)/t10-/m0/s1. The van der Waals surface area contributed by atoms with Crippen LogP contribution in [0.2, 0.25) is 0 Å². The van der Waals surface area contributed by atoms with Crippen molar-refractivity contribution in [3.05, 3.63) is 52.9 Å². The number of anilines is 2. The van der Waals surface area contributed by atoms with Crippen LogP contribution in [0, 0.1) is 6.92 Å². The molecule has 3 heterocycles. The molecule has 0 spiro atoms. The van der Waals surface area contributed by atoms with E-state index in [-0.39, 0.29) is 11.4 Å². The summed E-state index contributed by atoms with van der Waals surface area (Å²) in [7, 11) is 1.52. The fraction of sp³-hybridized carbons (Fsp3) is 0.250. The third kappa shape index (κ3) is 4.78. The smallest absolute Gasteiger partial charge is 0.377 e. The number of nitrogens with one attached hydrogen (secondary N) is 2. The molecule has 3 aromatic heterocycles. The number of amides is 2. The minimum absolute atomic E-state index is 0.0415. The molecule has 0 fully saturated rings. The monoisotopic (exact) mass is 477 g/mol. The summed E-state index contributed by atoms with van der Waals surface area (Å²) < 4.78 is 45.6. The third-order valence-corrected chi connectivity index (χ3v) is 5.61. The molecule has 0 unspecified atom stereocenters. The first kappa shape index (κ1) is 22.6. The van der Waals surface area contributed by atoms with Gasteiger partial charge in [-0.3, -0.25) is 0 Å². The first-order valence-electron chi connectivity index (χ1n) is 9.61. The van der Waals surface area contributed by atoms with E-state index in [9.17, 15) is 18.0 Å². The van der Waals surface area contributed by atoms with Gasteiger partial charge in [0.25, 0.3) is 0 Å². The van der Waals surface area contributed by atoms with Crippen LogP contribution in [-0.2, 0) is 10.9 Å². The number of nitrogens with zero attached hydrogens (tertiary/aromatic N) is 5. The molecule has 13 heteroatoms. The van der Waals surface area contributed by atoms with Gasteiger partial charge < -0.3 is 15.4 Å². The van der Waals surface area contributed by atoms with Crippen LogP contribution in [0.3, 0.4) is 0 Å². The SMILES string of the molecule is CO[C@@H](C)c1c(NC(=O)Nc2cc(-n3nccn3)cc(C(F)(F)F)c2)cnc2sc(C)nc12. The summed E-state index contributed by atoms with van der Waals surface area (Å²) >= 11 is 1.40. The van der Waals surface area contributed by atoms with Gasteiger partial charge in [0.05, 0.1) is 46.6 Å². The van der Waals surface area contributed by atoms with Gasteiger partial charge in [-0.05, 0) is 32.0 Å². The third-order valence-electron chi connectivity index (χ3n) is 4.73. The lowest BCUT2D eigenvalue weighted by atomic mass is 10.1. The Bertz CT molecular complexity index is 1310. The maximum absolute atomic E-state index is 13.4. The molecule has 0 bridgehead atoms. The lowest BCUT2D eigenvalue weighted by Crippen LogP contribution is -2.22. The summed E-state index contributed by atoms with van der Waals surface area (Å²) in [6.45, 7) is 3.63. The number of carbonyl (C=O) groups is 1. The van der Waals surface area contributed by atoms with E-state index in [2.05, 4.69) is 30.8 Å². The highest BCUT2D eigenvalue weighted by atomic mass is 32.1. The largest absolute Gasteiger partial charge is 0.416 e. The molecule has 9 nitrogen and oxygen atoms in total. The Morgan fingerprint density at radius 2 is 1.91 bits per heavy atom. The number of thiazole rings is 1. The fourth-order valence-corrected chi connectivity index (χ4v) is 4.00. The first-order valence-corrected chi connectivity index (χ1v) is 10.4. The zero-order chi connectivity index (χ0) is 23.8. The lowest BCUT2D eigenvalue weighted by Gasteiger charge is -2.17. The van der Waals surface area contributed by atoms with Crippen LogP contribution in [0.25, 0.3) is 16.0 Å². The highest BCUT2D eigenvalue weighted by Crippen LogP contribution is 2.35. The number of benzene rings is 1. The van der Waals surface area contributed by atoms with E-state index in [1.54, 1.807) is 6.92 Å². The highest BCUT2D eigenvalue weighted by molar-refractivity contribution is 7.18. The Hall–Kier alpha value is -3.58. The van der Waals surface area contributed by atoms with Gasteiger partial charge >= 0.3 is 12.2 Å². The first-order chi connectivity index (χ1) is 15.7. The van der Waals surface area contributed by atoms with E-state index in [1.807, 2.05) is 6.92 Å². The zero-order valence-corrected chi connectivity index (χ0v) is 18.5. The molecule has 2 amide bonds. The van der Waals surface area contributed by atoms with Gasteiger partial charge in [-0.15, -0.1) is 0 Å². The van der Waals surface area contributed by atoms with Crippen LogP contribution in [0.4, 0.5) is 29.3 Å². The van der Waals surface area contributed by atoms with Gasteiger partial charge in [0, 0.05) is 18.4 Å². The zero-order valence-electron chi connectivity index (χ0n) is 17.6. The van der Waals surface area contributed by atoms with Crippen molar-refractivity contribution < 1.29 is 22.7 Å². The second-order valence-corrected chi connectivity index (χ2v) is 8.20.